The van der Waals surface area contributed by atoms with Crippen LogP contribution in [-0.4, -0.2) is 46.6 Å². The highest BCUT2D eigenvalue weighted by atomic mass is 32.1. The first-order valence-corrected chi connectivity index (χ1v) is 11.2. The van der Waals surface area contributed by atoms with E-state index < -0.39 is 0 Å². The van der Waals surface area contributed by atoms with E-state index in [1.165, 1.54) is 49.2 Å². The highest BCUT2D eigenvalue weighted by Gasteiger charge is 2.33. The highest BCUT2D eigenvalue weighted by Crippen LogP contribution is 2.46. The third-order valence-electron chi connectivity index (χ3n) is 6.59. The Balaban J connectivity index is 1.35. The van der Waals surface area contributed by atoms with Crippen molar-refractivity contribution in [1.82, 2.24) is 14.9 Å². The molecule has 0 spiro atoms. The van der Waals surface area contributed by atoms with E-state index in [2.05, 4.69) is 19.7 Å². The van der Waals surface area contributed by atoms with Gasteiger partial charge in [0.25, 0.3) is 0 Å². The van der Waals surface area contributed by atoms with E-state index in [1.54, 1.807) is 17.7 Å². The molecule has 0 amide bonds. The van der Waals surface area contributed by atoms with Crippen LogP contribution in [0.1, 0.15) is 61.3 Å². The normalized spacial score (nSPS) is 28.3. The monoisotopic (exact) mass is 382 g/mol. The zero-order valence-corrected chi connectivity index (χ0v) is 16.5. The predicted octanol–water partition coefficient (Wildman–Crippen LogP) is 4.43. The summed E-state index contributed by atoms with van der Waals surface area (Å²) in [5.74, 6) is 1.09. The van der Waals surface area contributed by atoms with Gasteiger partial charge in [0.05, 0.1) is 11.3 Å². The molecule has 2 aromatic heterocycles. The molecule has 0 N–H and O–H groups in total. The summed E-state index contributed by atoms with van der Waals surface area (Å²) in [4.78, 5) is 17.8. The van der Waals surface area contributed by atoms with Crippen LogP contribution >= 0.6 is 11.3 Å². The number of likely N-dealkylation sites (tertiary alicyclic amines) is 1. The lowest BCUT2D eigenvalue weighted by atomic mass is 9.92. The first-order chi connectivity index (χ1) is 13.3. The summed E-state index contributed by atoms with van der Waals surface area (Å²) in [6.07, 6.45) is 11.5. The smallest absolute Gasteiger partial charge is 0.225 e. The maximum absolute atomic E-state index is 7.28. The molecule has 5 rings (SSSR count). The maximum Gasteiger partial charge on any atom is 0.225 e. The van der Waals surface area contributed by atoms with E-state index in [0.717, 1.165) is 47.8 Å². The molecule has 1 saturated carbocycles. The van der Waals surface area contributed by atoms with Crippen molar-refractivity contribution in [2.45, 2.75) is 69.4 Å². The van der Waals surface area contributed by atoms with E-state index in [1.807, 2.05) is 0 Å². The molecule has 6 heteroatoms. The van der Waals surface area contributed by atoms with Gasteiger partial charge in [0.15, 0.2) is 0 Å². The third kappa shape index (κ3) is 3.21. The molecule has 27 heavy (non-hydrogen) atoms. The van der Waals surface area contributed by atoms with Crippen LogP contribution in [0.5, 0.6) is 5.88 Å². The van der Waals surface area contributed by atoms with Crippen LogP contribution in [-0.2, 0) is 6.42 Å². The topological polar surface area (TPSA) is 42.6 Å². The molecule has 5 nitrogen and oxygen atoms in total. The maximum atomic E-state index is 7.28. The van der Waals surface area contributed by atoms with Crippen LogP contribution in [0.4, 0.5) is 0 Å². The van der Waals surface area contributed by atoms with Gasteiger partial charge in [-0.3, -0.25) is 0 Å². The average molecular weight is 383 g/mol. The van der Waals surface area contributed by atoms with Crippen molar-refractivity contribution in [1.29, 1.82) is 0 Å². The number of thiophene rings is 1. The second-order valence-electron chi connectivity index (χ2n) is 8.17. The molecule has 1 aliphatic heterocycles. The number of ether oxygens (including phenoxy) is 1. The van der Waals surface area contributed by atoms with Gasteiger partial charge >= 0.3 is 0 Å². The molecule has 142 valence electrons. The zero-order chi connectivity index (χ0) is 18.2. The van der Waals surface area contributed by atoms with Crippen molar-refractivity contribution in [3.05, 3.63) is 28.2 Å². The fourth-order valence-electron chi connectivity index (χ4n) is 5.22. The number of hydrogen-bond donors (Lipinski definition) is 0. The molecule has 0 unspecified atom stereocenters. The lowest BCUT2D eigenvalue weighted by molar-refractivity contribution is 0.0978. The second kappa shape index (κ2) is 7.37. The number of fused-ring (bicyclic) bond motifs is 3. The van der Waals surface area contributed by atoms with E-state index in [0.29, 0.717) is 12.5 Å². The van der Waals surface area contributed by atoms with Crippen molar-refractivity contribution < 1.29 is 4.74 Å². The van der Waals surface area contributed by atoms with Gasteiger partial charge in [-0.05, 0) is 70.0 Å². The summed E-state index contributed by atoms with van der Waals surface area (Å²) < 4.78 is 6.45. The fraction of sp³-hybridized carbons (Fsp3) is 0.667. The lowest BCUT2D eigenvalue weighted by Gasteiger charge is -2.34. The molecule has 3 heterocycles. The Morgan fingerprint density at radius 2 is 1.96 bits per heavy atom. The standard InChI is InChI=1S/C21H26N4OS/c1-22-12-14-4-9-17-18(14)19-20(23-13-24-21(19)27-17)26-16-7-5-15(6-8-16)25-10-2-3-11-25/h13-16H,2-12H2/t14-,15?,16?/m1/s1. The van der Waals surface area contributed by atoms with Crippen molar-refractivity contribution in [3.8, 4) is 5.88 Å². The molecular formula is C21H26N4OS. The van der Waals surface area contributed by atoms with Gasteiger partial charge in [0, 0.05) is 10.9 Å². The summed E-state index contributed by atoms with van der Waals surface area (Å²) in [6.45, 7) is 10.4. The molecule has 1 saturated heterocycles. The summed E-state index contributed by atoms with van der Waals surface area (Å²) >= 11 is 1.77. The average Bonchev–Trinajstić information content (AvgIpc) is 3.40. The minimum Gasteiger partial charge on any atom is -0.474 e. The van der Waals surface area contributed by atoms with Crippen LogP contribution in [0.25, 0.3) is 15.1 Å². The zero-order valence-electron chi connectivity index (χ0n) is 15.7. The van der Waals surface area contributed by atoms with Crippen LogP contribution < -0.4 is 4.74 Å². The van der Waals surface area contributed by atoms with E-state index in [4.69, 9.17) is 11.3 Å². The molecule has 1 atom stereocenters. The minimum absolute atomic E-state index is 0.262. The van der Waals surface area contributed by atoms with Gasteiger partial charge < -0.3 is 14.5 Å². The Kier molecular flexibility index (Phi) is 4.75. The van der Waals surface area contributed by atoms with Gasteiger partial charge in [-0.15, -0.1) is 11.3 Å². The Morgan fingerprint density at radius 1 is 1.15 bits per heavy atom. The highest BCUT2D eigenvalue weighted by molar-refractivity contribution is 7.19. The van der Waals surface area contributed by atoms with E-state index in [-0.39, 0.29) is 6.10 Å². The van der Waals surface area contributed by atoms with Crippen LogP contribution in [0, 0.1) is 6.57 Å². The Bertz CT molecular complexity index is 859. The number of hydrogen-bond acceptors (Lipinski definition) is 5. The quantitative estimate of drug-likeness (QED) is 0.734. The SMILES string of the molecule is [C-]#[N+]C[C@H]1CCc2sc3ncnc(OC4CCC(N5CCCC5)CC4)c3c21. The summed E-state index contributed by atoms with van der Waals surface area (Å²) in [5.41, 5.74) is 1.31. The fourth-order valence-corrected chi connectivity index (χ4v) is 6.45. The van der Waals surface area contributed by atoms with Crippen molar-refractivity contribution in [3.63, 3.8) is 0 Å². The van der Waals surface area contributed by atoms with Crippen molar-refractivity contribution >= 4 is 21.6 Å². The molecule has 0 aromatic carbocycles. The molecule has 2 aliphatic carbocycles. The molecule has 0 radical (unpaired) electrons. The first kappa shape index (κ1) is 17.4. The molecule has 3 aliphatic rings. The number of aromatic nitrogens is 2. The summed E-state index contributed by atoms with van der Waals surface area (Å²) in [7, 11) is 0. The molecule has 2 fully saturated rings. The van der Waals surface area contributed by atoms with Gasteiger partial charge in [-0.1, -0.05) is 0 Å². The predicted molar refractivity (Wildman–Crippen MR) is 107 cm³/mol. The Labute approximate surface area is 164 Å². The van der Waals surface area contributed by atoms with Gasteiger partial charge in [-0.2, -0.15) is 0 Å². The van der Waals surface area contributed by atoms with Gasteiger partial charge in [0.2, 0.25) is 12.4 Å². The van der Waals surface area contributed by atoms with Crippen LogP contribution in [0.2, 0.25) is 0 Å². The van der Waals surface area contributed by atoms with Crippen molar-refractivity contribution in [2.24, 2.45) is 0 Å². The number of nitrogens with zero attached hydrogens (tertiary/aromatic N) is 4. The van der Waals surface area contributed by atoms with E-state index in [9.17, 15) is 0 Å². The third-order valence-corrected chi connectivity index (χ3v) is 7.76. The first-order valence-electron chi connectivity index (χ1n) is 10.3. The summed E-state index contributed by atoms with van der Waals surface area (Å²) in [6, 6.07) is 0.756. The van der Waals surface area contributed by atoms with Gasteiger partial charge in [0.1, 0.15) is 17.3 Å². The number of aryl methyl sites for hydroxylation is 1. The Morgan fingerprint density at radius 3 is 2.74 bits per heavy atom. The molecule has 0 bridgehead atoms. The van der Waals surface area contributed by atoms with E-state index >= 15 is 0 Å². The van der Waals surface area contributed by atoms with Crippen LogP contribution in [0.15, 0.2) is 6.33 Å². The van der Waals surface area contributed by atoms with Crippen molar-refractivity contribution in [2.75, 3.05) is 19.6 Å². The van der Waals surface area contributed by atoms with Gasteiger partial charge in [-0.25, -0.2) is 16.5 Å². The second-order valence-corrected chi connectivity index (χ2v) is 9.25. The Hall–Kier alpha value is -1.71. The molecule has 2 aromatic rings. The largest absolute Gasteiger partial charge is 0.474 e. The number of rotatable bonds is 4. The molecular weight excluding hydrogens is 356 g/mol. The lowest BCUT2D eigenvalue weighted by Crippen LogP contribution is -2.38. The van der Waals surface area contributed by atoms with Crippen LogP contribution in [0.3, 0.4) is 0 Å². The summed E-state index contributed by atoms with van der Waals surface area (Å²) in [5, 5.41) is 1.10. The minimum atomic E-state index is 0.262.